The van der Waals surface area contributed by atoms with Crippen molar-refractivity contribution in [2.45, 2.75) is 26.7 Å². The van der Waals surface area contributed by atoms with Crippen LogP contribution in [0, 0.1) is 19.8 Å². The van der Waals surface area contributed by atoms with Crippen molar-refractivity contribution in [1.29, 1.82) is 0 Å². The number of rotatable bonds is 7. The van der Waals surface area contributed by atoms with Gasteiger partial charge in [-0.05, 0) is 55.8 Å². The first-order valence-electron chi connectivity index (χ1n) is 9.32. The molecule has 5 nitrogen and oxygen atoms in total. The number of nitrogens with zero attached hydrogens (tertiary/aromatic N) is 2. The quantitative estimate of drug-likeness (QED) is 0.409. The molecule has 28 heavy (non-hydrogen) atoms. The highest BCUT2D eigenvalue weighted by Gasteiger charge is 2.25. The summed E-state index contributed by atoms with van der Waals surface area (Å²) in [5.74, 6) is -0.966. The fourth-order valence-corrected chi connectivity index (χ4v) is 4.33. The third kappa shape index (κ3) is 5.56. The Balaban J connectivity index is 0.00000280. The van der Waals surface area contributed by atoms with Crippen LogP contribution >= 0.6 is 23.7 Å². The van der Waals surface area contributed by atoms with E-state index in [1.54, 1.807) is 11.3 Å². The van der Waals surface area contributed by atoms with E-state index in [-0.39, 0.29) is 18.3 Å². The zero-order valence-electron chi connectivity index (χ0n) is 16.3. The lowest BCUT2D eigenvalue weighted by Gasteiger charge is -2.29. The van der Waals surface area contributed by atoms with Crippen LogP contribution in [0.25, 0.3) is 0 Å². The van der Waals surface area contributed by atoms with Crippen molar-refractivity contribution >= 4 is 35.4 Å². The molecule has 1 aliphatic rings. The second-order valence-corrected chi connectivity index (χ2v) is 7.91. The van der Waals surface area contributed by atoms with Crippen molar-refractivity contribution in [3.63, 3.8) is 0 Å². The van der Waals surface area contributed by atoms with Crippen molar-refractivity contribution < 1.29 is 14.7 Å². The number of hydrogen-bond acceptors (Lipinski definition) is 5. The molecule has 2 heterocycles. The maximum Gasteiger partial charge on any atom is 0.307 e. The van der Waals surface area contributed by atoms with E-state index < -0.39 is 5.97 Å². The van der Waals surface area contributed by atoms with Crippen molar-refractivity contribution in [2.75, 3.05) is 26.2 Å². The highest BCUT2D eigenvalue weighted by Crippen LogP contribution is 2.23. The van der Waals surface area contributed by atoms with Crippen LogP contribution in [-0.2, 0) is 9.63 Å². The van der Waals surface area contributed by atoms with Gasteiger partial charge in [-0.1, -0.05) is 29.4 Å². The molecule has 1 aromatic carbocycles. The summed E-state index contributed by atoms with van der Waals surface area (Å²) in [7, 11) is 0. The van der Waals surface area contributed by atoms with E-state index in [1.807, 2.05) is 12.1 Å². The number of benzene rings is 1. The van der Waals surface area contributed by atoms with Gasteiger partial charge in [0.25, 0.3) is 0 Å². The van der Waals surface area contributed by atoms with E-state index in [2.05, 4.69) is 47.5 Å². The van der Waals surface area contributed by atoms with Crippen LogP contribution in [0.4, 0.5) is 0 Å². The van der Waals surface area contributed by atoms with Gasteiger partial charge in [0.05, 0.1) is 10.8 Å². The summed E-state index contributed by atoms with van der Waals surface area (Å²) in [6.07, 6.45) is 1.68. The number of hydrogen-bond donors (Lipinski definition) is 1. The largest absolute Gasteiger partial charge is 0.481 e. The Bertz CT molecular complexity index is 821. The second kappa shape index (κ2) is 10.6. The topological polar surface area (TPSA) is 62.1 Å². The Labute approximate surface area is 176 Å². The number of carbonyl (C=O) groups is 1. The zero-order chi connectivity index (χ0) is 19.2. The van der Waals surface area contributed by atoms with Gasteiger partial charge in [0, 0.05) is 18.7 Å². The van der Waals surface area contributed by atoms with Gasteiger partial charge in [0.15, 0.2) is 0 Å². The van der Waals surface area contributed by atoms with Gasteiger partial charge in [-0.2, -0.15) is 0 Å². The lowest BCUT2D eigenvalue weighted by atomic mass is 9.98. The standard InChI is InChI=1S/C21H26N2O3S.ClH/c1-15-6-3-4-8-18(15)19(20-16(2)9-13-27-20)22-26-12-11-23-10-5-7-17(14-23)21(24)25;/h3-4,6,8-9,13,17H,5,7,10-12,14H2,1-2H3,(H,24,25);1H/b22-19+;/t17-;/m0./s1. The van der Waals surface area contributed by atoms with Crippen LogP contribution in [0.5, 0.6) is 0 Å². The van der Waals surface area contributed by atoms with Gasteiger partial charge in [-0.3, -0.25) is 9.69 Å². The molecule has 0 aliphatic carbocycles. The van der Waals surface area contributed by atoms with Crippen LogP contribution in [-0.4, -0.2) is 47.9 Å². The third-order valence-electron chi connectivity index (χ3n) is 4.99. The minimum absolute atomic E-state index is 0. The summed E-state index contributed by atoms with van der Waals surface area (Å²) in [5, 5.41) is 15.8. The number of carboxylic acid groups (broad SMARTS) is 1. The number of oxime groups is 1. The Morgan fingerprint density at radius 3 is 2.75 bits per heavy atom. The van der Waals surface area contributed by atoms with Crippen LogP contribution in [0.15, 0.2) is 40.9 Å². The lowest BCUT2D eigenvalue weighted by molar-refractivity contribution is -0.143. The molecule has 0 bridgehead atoms. The van der Waals surface area contributed by atoms with E-state index in [4.69, 9.17) is 4.84 Å². The molecule has 1 aromatic heterocycles. The Hall–Kier alpha value is -1.89. The van der Waals surface area contributed by atoms with E-state index in [0.29, 0.717) is 19.7 Å². The lowest BCUT2D eigenvalue weighted by Crippen LogP contribution is -2.40. The number of thiophene rings is 1. The number of aliphatic carboxylic acids is 1. The Morgan fingerprint density at radius 2 is 2.07 bits per heavy atom. The van der Waals surface area contributed by atoms with Gasteiger partial charge in [0.1, 0.15) is 12.3 Å². The van der Waals surface area contributed by atoms with Crippen LogP contribution < -0.4 is 0 Å². The minimum Gasteiger partial charge on any atom is -0.481 e. The third-order valence-corrected chi connectivity index (χ3v) is 6.01. The van der Waals surface area contributed by atoms with Crippen molar-refractivity contribution in [1.82, 2.24) is 4.90 Å². The SMILES string of the molecule is Cc1ccccc1/C(=N\OCCN1CCC[C@H](C(=O)O)C1)c1sccc1C.Cl. The van der Waals surface area contributed by atoms with E-state index in [0.717, 1.165) is 41.1 Å². The Kier molecular flexibility index (Phi) is 8.48. The van der Waals surface area contributed by atoms with Gasteiger partial charge >= 0.3 is 5.97 Å². The maximum absolute atomic E-state index is 11.2. The highest BCUT2D eigenvalue weighted by atomic mass is 35.5. The fraction of sp³-hybridized carbons (Fsp3) is 0.429. The predicted octanol–water partition coefficient (Wildman–Crippen LogP) is 4.35. The normalized spacial score (nSPS) is 17.8. The molecule has 0 unspecified atom stereocenters. The summed E-state index contributed by atoms with van der Waals surface area (Å²) >= 11 is 1.66. The number of likely N-dealkylation sites (tertiary alicyclic amines) is 1. The molecule has 1 fully saturated rings. The molecular formula is C21H27ClN2O3S. The van der Waals surface area contributed by atoms with Crippen molar-refractivity contribution in [3.8, 4) is 0 Å². The van der Waals surface area contributed by atoms with Gasteiger partial charge in [0.2, 0.25) is 0 Å². The number of piperidine rings is 1. The summed E-state index contributed by atoms with van der Waals surface area (Å²) in [5.41, 5.74) is 4.29. The van der Waals surface area contributed by atoms with Crippen LogP contribution in [0.1, 0.15) is 34.4 Å². The average Bonchev–Trinajstić information content (AvgIpc) is 3.09. The average molecular weight is 423 g/mol. The number of aryl methyl sites for hydroxylation is 2. The smallest absolute Gasteiger partial charge is 0.307 e. The molecule has 2 aromatic rings. The second-order valence-electron chi connectivity index (χ2n) is 7.00. The van der Waals surface area contributed by atoms with Crippen LogP contribution in [0.3, 0.4) is 0 Å². The summed E-state index contributed by atoms with van der Waals surface area (Å²) in [6, 6.07) is 10.3. The molecule has 0 radical (unpaired) electrons. The molecular weight excluding hydrogens is 396 g/mol. The minimum atomic E-state index is -0.700. The number of carboxylic acids is 1. The van der Waals surface area contributed by atoms with Crippen molar-refractivity contribution in [2.24, 2.45) is 11.1 Å². The molecule has 3 rings (SSSR count). The van der Waals surface area contributed by atoms with E-state index in [1.165, 1.54) is 5.56 Å². The highest BCUT2D eigenvalue weighted by molar-refractivity contribution is 7.12. The van der Waals surface area contributed by atoms with Gasteiger partial charge < -0.3 is 9.94 Å². The first kappa shape index (κ1) is 22.4. The maximum atomic E-state index is 11.2. The molecule has 0 amide bonds. The first-order valence-corrected chi connectivity index (χ1v) is 10.2. The molecule has 152 valence electrons. The van der Waals surface area contributed by atoms with E-state index >= 15 is 0 Å². The molecule has 1 atom stereocenters. The molecule has 1 saturated heterocycles. The fourth-order valence-electron chi connectivity index (χ4n) is 3.41. The van der Waals surface area contributed by atoms with Gasteiger partial charge in [-0.15, -0.1) is 23.7 Å². The molecule has 1 N–H and O–H groups in total. The predicted molar refractivity (Wildman–Crippen MR) is 116 cm³/mol. The summed E-state index contributed by atoms with van der Waals surface area (Å²) < 4.78 is 0. The van der Waals surface area contributed by atoms with E-state index in [9.17, 15) is 9.90 Å². The van der Waals surface area contributed by atoms with Gasteiger partial charge in [-0.25, -0.2) is 0 Å². The summed E-state index contributed by atoms with van der Waals surface area (Å²) in [6.45, 7) is 6.82. The first-order chi connectivity index (χ1) is 13.1. The zero-order valence-corrected chi connectivity index (χ0v) is 17.9. The molecule has 1 aliphatic heterocycles. The molecule has 7 heteroatoms. The Morgan fingerprint density at radius 1 is 1.29 bits per heavy atom. The molecule has 0 saturated carbocycles. The number of halogens is 1. The molecule has 0 spiro atoms. The summed E-state index contributed by atoms with van der Waals surface area (Å²) in [4.78, 5) is 20.2. The van der Waals surface area contributed by atoms with Crippen molar-refractivity contribution in [3.05, 3.63) is 57.3 Å². The monoisotopic (exact) mass is 422 g/mol. The van der Waals surface area contributed by atoms with Crippen LogP contribution in [0.2, 0.25) is 0 Å².